The Morgan fingerprint density at radius 3 is 2.38 bits per heavy atom. The molecule has 26 heavy (non-hydrogen) atoms. The van der Waals surface area contributed by atoms with Gasteiger partial charge in [-0.15, -0.1) is 11.3 Å². The minimum Gasteiger partial charge on any atom is -0.449 e. The maximum absolute atomic E-state index is 12.4. The summed E-state index contributed by atoms with van der Waals surface area (Å²) < 4.78 is 32.4. The number of sulfonamides is 1. The molecule has 0 fully saturated rings. The molecule has 0 saturated carbocycles. The third-order valence-electron chi connectivity index (χ3n) is 3.24. The van der Waals surface area contributed by atoms with Gasteiger partial charge in [-0.3, -0.25) is 9.52 Å². The van der Waals surface area contributed by atoms with Gasteiger partial charge in [0.15, 0.2) is 6.10 Å². The highest BCUT2D eigenvalue weighted by molar-refractivity contribution is 7.94. The van der Waals surface area contributed by atoms with Crippen molar-refractivity contribution in [3.8, 4) is 0 Å². The lowest BCUT2D eigenvalue weighted by molar-refractivity contribution is -0.129. The van der Waals surface area contributed by atoms with Crippen LogP contribution in [0.2, 0.25) is 0 Å². The van der Waals surface area contributed by atoms with Crippen molar-refractivity contribution in [2.75, 3.05) is 4.72 Å². The summed E-state index contributed by atoms with van der Waals surface area (Å²) in [4.78, 5) is 24.3. The fourth-order valence-corrected chi connectivity index (χ4v) is 4.11. The number of carbonyl (C=O) groups excluding carboxylic acids is 2. The number of anilines is 1. The van der Waals surface area contributed by atoms with Crippen LogP contribution in [0.4, 0.5) is 5.69 Å². The van der Waals surface area contributed by atoms with Gasteiger partial charge in [-0.1, -0.05) is 18.2 Å². The molecule has 1 atom stereocenters. The van der Waals surface area contributed by atoms with Crippen molar-refractivity contribution >= 4 is 38.9 Å². The van der Waals surface area contributed by atoms with Gasteiger partial charge in [0.1, 0.15) is 4.21 Å². The van der Waals surface area contributed by atoms with Gasteiger partial charge in [-0.25, -0.2) is 13.2 Å². The molecule has 140 valence electrons. The number of hydrogen-bond acceptors (Lipinski definition) is 6. The monoisotopic (exact) mass is 396 g/mol. The third kappa shape index (κ3) is 5.06. The van der Waals surface area contributed by atoms with Gasteiger partial charge in [0, 0.05) is 6.04 Å². The van der Waals surface area contributed by atoms with Crippen LogP contribution in [-0.4, -0.2) is 32.4 Å². The van der Waals surface area contributed by atoms with Crippen LogP contribution < -0.4 is 10.0 Å². The molecule has 0 bridgehead atoms. The van der Waals surface area contributed by atoms with Crippen LogP contribution in [0.25, 0.3) is 0 Å². The van der Waals surface area contributed by atoms with Crippen LogP contribution in [0.15, 0.2) is 46.0 Å². The van der Waals surface area contributed by atoms with Crippen molar-refractivity contribution in [3.05, 3.63) is 47.3 Å². The molecule has 1 aromatic carbocycles. The molecule has 2 aromatic rings. The van der Waals surface area contributed by atoms with Gasteiger partial charge >= 0.3 is 5.97 Å². The Morgan fingerprint density at radius 2 is 1.77 bits per heavy atom. The largest absolute Gasteiger partial charge is 0.449 e. The van der Waals surface area contributed by atoms with E-state index in [1.165, 1.54) is 25.1 Å². The molecule has 0 spiro atoms. The van der Waals surface area contributed by atoms with Gasteiger partial charge < -0.3 is 10.1 Å². The van der Waals surface area contributed by atoms with Crippen LogP contribution in [0.1, 0.15) is 31.1 Å². The molecule has 0 aliphatic heterocycles. The summed E-state index contributed by atoms with van der Waals surface area (Å²) in [6, 6.07) is 9.06. The maximum Gasteiger partial charge on any atom is 0.341 e. The van der Waals surface area contributed by atoms with Crippen LogP contribution in [0.5, 0.6) is 0 Å². The summed E-state index contributed by atoms with van der Waals surface area (Å²) in [6.07, 6.45) is -1.01. The zero-order valence-corrected chi connectivity index (χ0v) is 16.2. The number of amides is 1. The quantitative estimate of drug-likeness (QED) is 0.701. The Kier molecular flexibility index (Phi) is 6.38. The first-order valence-electron chi connectivity index (χ1n) is 7.87. The number of nitrogens with one attached hydrogen (secondary N) is 2. The van der Waals surface area contributed by atoms with E-state index in [4.69, 9.17) is 4.74 Å². The van der Waals surface area contributed by atoms with Gasteiger partial charge in [0.25, 0.3) is 15.9 Å². The molecule has 0 unspecified atom stereocenters. The Hall–Kier alpha value is -2.39. The third-order valence-corrected chi connectivity index (χ3v) is 6.00. The summed E-state index contributed by atoms with van der Waals surface area (Å²) in [7, 11) is -3.81. The first-order valence-corrected chi connectivity index (χ1v) is 10.2. The second kappa shape index (κ2) is 8.33. The Labute approximate surface area is 156 Å². The minimum atomic E-state index is -3.81. The topological polar surface area (TPSA) is 102 Å². The summed E-state index contributed by atoms with van der Waals surface area (Å²) in [5.41, 5.74) is 0.110. The zero-order chi connectivity index (χ0) is 19.3. The first-order chi connectivity index (χ1) is 12.2. The fourth-order valence-electron chi connectivity index (χ4n) is 2.04. The van der Waals surface area contributed by atoms with E-state index < -0.39 is 28.0 Å². The van der Waals surface area contributed by atoms with E-state index in [1.807, 2.05) is 0 Å². The van der Waals surface area contributed by atoms with E-state index in [9.17, 15) is 18.0 Å². The maximum atomic E-state index is 12.4. The van der Waals surface area contributed by atoms with Crippen LogP contribution in [0.3, 0.4) is 0 Å². The van der Waals surface area contributed by atoms with Crippen LogP contribution >= 0.6 is 11.3 Å². The summed E-state index contributed by atoms with van der Waals surface area (Å²) >= 11 is 1.06. The number of rotatable bonds is 7. The van der Waals surface area contributed by atoms with Crippen LogP contribution in [0, 0.1) is 0 Å². The standard InChI is InChI=1S/C17H20N2O5S2/c1-11(2)18-16(20)12(3)24-17(21)13-7-4-5-8-14(13)19-26(22,23)15-9-6-10-25-15/h4-12,19H,1-3H3,(H,18,20)/t12-/m0/s1. The molecule has 2 N–H and O–H groups in total. The lowest BCUT2D eigenvalue weighted by atomic mass is 10.2. The normalized spacial score (nSPS) is 12.5. The van der Waals surface area contributed by atoms with Crippen molar-refractivity contribution < 1.29 is 22.7 Å². The highest BCUT2D eigenvalue weighted by Crippen LogP contribution is 2.23. The molecule has 1 aromatic heterocycles. The van der Waals surface area contributed by atoms with Gasteiger partial charge in [-0.05, 0) is 44.4 Å². The number of hydrogen-bond donors (Lipinski definition) is 2. The number of carbonyl (C=O) groups is 2. The number of thiophene rings is 1. The van der Waals surface area contributed by atoms with E-state index >= 15 is 0 Å². The molecule has 1 amide bonds. The highest BCUT2D eigenvalue weighted by atomic mass is 32.2. The molecule has 7 nitrogen and oxygen atoms in total. The van der Waals surface area contributed by atoms with Crippen molar-refractivity contribution in [1.82, 2.24) is 5.32 Å². The predicted molar refractivity (Wildman–Crippen MR) is 99.7 cm³/mol. The second-order valence-electron chi connectivity index (χ2n) is 5.79. The molecule has 0 radical (unpaired) electrons. The molecular weight excluding hydrogens is 376 g/mol. The lowest BCUT2D eigenvalue weighted by Crippen LogP contribution is -2.39. The molecule has 0 saturated heterocycles. The van der Waals surface area contributed by atoms with Gasteiger partial charge in [0.05, 0.1) is 11.3 Å². The van der Waals surface area contributed by atoms with Crippen LogP contribution in [-0.2, 0) is 19.6 Å². The lowest BCUT2D eigenvalue weighted by Gasteiger charge is -2.16. The number of benzene rings is 1. The van der Waals surface area contributed by atoms with E-state index in [0.29, 0.717) is 0 Å². The van der Waals surface area contributed by atoms with Crippen molar-refractivity contribution in [2.45, 2.75) is 37.1 Å². The van der Waals surface area contributed by atoms with Gasteiger partial charge in [-0.2, -0.15) is 0 Å². The number of esters is 1. The Balaban J connectivity index is 2.18. The minimum absolute atomic E-state index is 0.0248. The SMILES string of the molecule is CC(C)NC(=O)[C@H](C)OC(=O)c1ccccc1NS(=O)(=O)c1cccs1. The molecular formula is C17H20N2O5S2. The van der Waals surface area contributed by atoms with Gasteiger partial charge in [0.2, 0.25) is 0 Å². The smallest absolute Gasteiger partial charge is 0.341 e. The van der Waals surface area contributed by atoms with E-state index in [-0.39, 0.29) is 21.5 Å². The zero-order valence-electron chi connectivity index (χ0n) is 14.6. The summed E-state index contributed by atoms with van der Waals surface area (Å²) in [5, 5.41) is 4.29. The molecule has 9 heteroatoms. The highest BCUT2D eigenvalue weighted by Gasteiger charge is 2.23. The molecule has 0 aliphatic carbocycles. The summed E-state index contributed by atoms with van der Waals surface area (Å²) in [6.45, 7) is 5.04. The molecule has 0 aliphatic rings. The Bertz CT molecular complexity index is 876. The average molecular weight is 396 g/mol. The van der Waals surface area contributed by atoms with E-state index in [1.54, 1.807) is 37.4 Å². The van der Waals surface area contributed by atoms with Crippen molar-refractivity contribution in [1.29, 1.82) is 0 Å². The first kappa shape index (κ1) is 19.9. The number of para-hydroxylation sites is 1. The molecule has 1 heterocycles. The fraction of sp³-hybridized carbons (Fsp3) is 0.294. The van der Waals surface area contributed by atoms with E-state index in [2.05, 4.69) is 10.0 Å². The Morgan fingerprint density at radius 1 is 1.08 bits per heavy atom. The van der Waals surface area contributed by atoms with Crippen molar-refractivity contribution in [2.24, 2.45) is 0 Å². The van der Waals surface area contributed by atoms with E-state index in [0.717, 1.165) is 11.3 Å². The van der Waals surface area contributed by atoms with Crippen molar-refractivity contribution in [3.63, 3.8) is 0 Å². The predicted octanol–water partition coefficient (Wildman–Crippen LogP) is 2.62. The molecule has 2 rings (SSSR count). The number of ether oxygens (including phenoxy) is 1. The summed E-state index contributed by atoms with van der Waals surface area (Å²) in [5.74, 6) is -1.22. The average Bonchev–Trinajstić information content (AvgIpc) is 3.09. The second-order valence-corrected chi connectivity index (χ2v) is 8.65.